The molecule has 3 unspecified atom stereocenters. The van der Waals surface area contributed by atoms with Crippen LogP contribution in [0.5, 0.6) is 11.8 Å². The molecule has 86 heavy (non-hydrogen) atoms. The second-order valence-corrected chi connectivity index (χ2v) is 25.6. The van der Waals surface area contributed by atoms with Crippen molar-refractivity contribution >= 4 is 62.1 Å². The molecule has 0 spiro atoms. The molecule has 0 aliphatic carbocycles. The molecule has 6 fully saturated rings. The lowest BCUT2D eigenvalue weighted by Crippen LogP contribution is -2.57. The normalized spacial score (nSPS) is 22.8. The van der Waals surface area contributed by atoms with Gasteiger partial charge in [0.2, 0.25) is 11.8 Å². The Hall–Kier alpha value is -7.48. The largest absolute Gasteiger partial charge is 0.468 e. The Morgan fingerprint density at radius 3 is 2.28 bits per heavy atom. The van der Waals surface area contributed by atoms with Crippen LogP contribution in [0.4, 0.5) is 29.5 Å². The number of carbonyl (C=O) groups excluding carboxylic acids is 3. The first-order chi connectivity index (χ1) is 41.3. The van der Waals surface area contributed by atoms with E-state index >= 15 is 13.2 Å². The number of hydrogen-bond acceptors (Lipinski definition) is 15. The van der Waals surface area contributed by atoms with Crippen molar-refractivity contribution in [3.63, 3.8) is 0 Å². The van der Waals surface area contributed by atoms with Gasteiger partial charge in [-0.2, -0.15) is 9.97 Å². The average molecular weight is 1180 g/mol. The Bertz CT molecular complexity index is 3700. The number of likely N-dealkylation sites (tertiary alicyclic amines) is 2. The minimum absolute atomic E-state index is 0.0124. The number of likely N-dealkylation sites (N-methyl/N-ethyl adjacent to an activating group) is 1. The van der Waals surface area contributed by atoms with E-state index in [1.807, 2.05) is 25.7 Å². The fourth-order valence-electron chi connectivity index (χ4n) is 14.5. The van der Waals surface area contributed by atoms with E-state index in [0.717, 1.165) is 84.0 Å². The lowest BCUT2D eigenvalue weighted by Gasteiger charge is -2.42. The second-order valence-electron chi connectivity index (χ2n) is 25.6. The third-order valence-corrected chi connectivity index (χ3v) is 18.8. The highest BCUT2D eigenvalue weighted by Gasteiger charge is 2.45. The van der Waals surface area contributed by atoms with E-state index in [4.69, 9.17) is 40.3 Å². The minimum Gasteiger partial charge on any atom is -0.468 e. The molecule has 19 nitrogen and oxygen atoms in total. The number of ether oxygens (including phenoxy) is 4. The average Bonchev–Trinajstić information content (AvgIpc) is 1.38. The molecule has 0 saturated carbocycles. The van der Waals surface area contributed by atoms with Crippen molar-refractivity contribution in [2.24, 2.45) is 24.8 Å². The van der Waals surface area contributed by atoms with Gasteiger partial charge in [-0.05, 0) is 152 Å². The van der Waals surface area contributed by atoms with Crippen LogP contribution < -0.4 is 30.3 Å². The number of nitrogens with one attached hydrogen (secondary N) is 1. The Balaban J connectivity index is 0.685. The Morgan fingerprint density at radius 1 is 0.837 bits per heavy atom. The summed E-state index contributed by atoms with van der Waals surface area (Å²) in [6.07, 6.45) is 16.3. The molecule has 1 N–H and O–H groups in total. The smallest absolute Gasteiger partial charge is 0.410 e. The van der Waals surface area contributed by atoms with Gasteiger partial charge in [-0.3, -0.25) is 38.8 Å². The van der Waals surface area contributed by atoms with Crippen LogP contribution in [0.3, 0.4) is 0 Å². The van der Waals surface area contributed by atoms with E-state index in [1.165, 1.54) is 35.6 Å². The number of aromatic nitrogens is 5. The SMILES string of the molecule is C#Cc1c(F)ccc2cc(OCOC)cc(-c3ncc4c(N5CC6CCC(C5)N6C(=O)OC(C)(C)C)nc(OC[C@@H]5C[C@@H](CCC6CCN(CC7CCN(c8ccc9c(c8F)n(C)c(=O)n9C8CCC(=O)NC8=O)CC7)CC6)CN5C)nc4c3F)c12. The summed E-state index contributed by atoms with van der Waals surface area (Å²) in [4.78, 5) is 76.7. The summed E-state index contributed by atoms with van der Waals surface area (Å²) >= 11 is 0. The number of amides is 3. The van der Waals surface area contributed by atoms with Crippen molar-refractivity contribution in [3.8, 4) is 35.4 Å². The number of terminal acetylenes is 1. The highest BCUT2D eigenvalue weighted by Crippen LogP contribution is 2.42. The van der Waals surface area contributed by atoms with Crippen molar-refractivity contribution in [1.82, 2.24) is 44.1 Å². The van der Waals surface area contributed by atoms with Crippen molar-refractivity contribution < 1.29 is 46.5 Å². The predicted octanol–water partition coefficient (Wildman–Crippen LogP) is 8.55. The third-order valence-electron chi connectivity index (χ3n) is 18.8. The summed E-state index contributed by atoms with van der Waals surface area (Å²) < 4.78 is 75.4. The highest BCUT2D eigenvalue weighted by molar-refractivity contribution is 6.03. The quantitative estimate of drug-likeness (QED) is 0.0586. The van der Waals surface area contributed by atoms with Gasteiger partial charge in [0.1, 0.15) is 52.4 Å². The number of carbonyl (C=O) groups is 3. The van der Waals surface area contributed by atoms with Gasteiger partial charge >= 0.3 is 17.8 Å². The molecule has 6 aliphatic heterocycles. The van der Waals surface area contributed by atoms with Crippen molar-refractivity contribution in [2.75, 3.05) is 89.7 Å². The molecule has 6 aliphatic rings. The number of pyridine rings is 1. The van der Waals surface area contributed by atoms with Crippen molar-refractivity contribution in [1.29, 1.82) is 0 Å². The van der Waals surface area contributed by atoms with Crippen molar-refractivity contribution in [3.05, 3.63) is 76.1 Å². The second kappa shape index (κ2) is 24.0. The molecule has 5 atom stereocenters. The van der Waals surface area contributed by atoms with Gasteiger partial charge < -0.3 is 33.6 Å². The predicted molar refractivity (Wildman–Crippen MR) is 320 cm³/mol. The molecule has 22 heteroatoms. The molecule has 6 saturated heterocycles. The molecule has 9 heterocycles. The summed E-state index contributed by atoms with van der Waals surface area (Å²) in [5.74, 6) is 2.06. The number of nitrogens with zero attached hydrogens (tertiary/aromatic N) is 10. The molecule has 3 amide bonds. The number of halogens is 3. The van der Waals surface area contributed by atoms with Crippen LogP contribution in [0.2, 0.25) is 0 Å². The maximum atomic E-state index is 17.7. The zero-order valence-electron chi connectivity index (χ0n) is 49.9. The number of methoxy groups -OCH3 is 1. The molecule has 0 radical (unpaired) electrons. The standard InChI is InChI=1S/C64H76F3N11O8/c1-8-45-48(65)14-11-40-28-44(85-36-83-7)29-46(53(40)45)56-55(67)57-47(30-68-56)59(76-33-41-12-13-42(34-76)77(41)63(82)86-64(2,3)4)71-61(70-57)84-35-43-27-39(31-72(43)5)10-9-37-19-23-74(24-20-37)32-38-21-25-75(26-22-38)49-15-16-50-58(54(49)66)73(6)62(81)78(50)51-17-18-52(79)69-60(51)80/h1,11,14-16,28-30,37-39,41-43,51H,9-10,12-13,17-27,31-36H2,2-7H3,(H,69,79,80)/t39-,41?,42?,43+,51?/m1/s1. The number of benzene rings is 3. The molecular formula is C64H76F3N11O8. The first-order valence-corrected chi connectivity index (χ1v) is 30.4. The summed E-state index contributed by atoms with van der Waals surface area (Å²) in [5, 5.41) is 3.49. The Morgan fingerprint density at radius 2 is 1.57 bits per heavy atom. The molecule has 2 bridgehead atoms. The zero-order valence-corrected chi connectivity index (χ0v) is 49.9. The third kappa shape index (κ3) is 11.5. The fourth-order valence-corrected chi connectivity index (χ4v) is 14.5. The molecule has 12 rings (SSSR count). The molecule has 3 aromatic carbocycles. The number of imide groups is 1. The Kier molecular flexibility index (Phi) is 16.4. The maximum Gasteiger partial charge on any atom is 0.410 e. The lowest BCUT2D eigenvalue weighted by molar-refractivity contribution is -0.135. The van der Waals surface area contributed by atoms with Gasteiger partial charge in [0.25, 0.3) is 0 Å². The van der Waals surface area contributed by atoms with Gasteiger partial charge in [0, 0.05) is 83.0 Å². The summed E-state index contributed by atoms with van der Waals surface area (Å²) in [7, 11) is 5.13. The van der Waals surface area contributed by atoms with E-state index in [0.29, 0.717) is 82.9 Å². The fraction of sp³-hybridized carbons (Fsp3) is 0.547. The number of aryl methyl sites for hydroxylation is 1. The van der Waals surface area contributed by atoms with Crippen LogP contribution in [-0.2, 0) is 26.1 Å². The van der Waals surface area contributed by atoms with E-state index in [-0.39, 0.29) is 90.2 Å². The Labute approximate surface area is 498 Å². The summed E-state index contributed by atoms with van der Waals surface area (Å²) in [6, 6.07) is 8.42. The molecular weight excluding hydrogens is 1110 g/mol. The van der Waals surface area contributed by atoms with E-state index in [2.05, 4.69) is 37.9 Å². The first-order valence-electron chi connectivity index (χ1n) is 30.4. The molecule has 6 aromatic rings. The lowest BCUT2D eigenvalue weighted by atomic mass is 9.87. The van der Waals surface area contributed by atoms with Gasteiger partial charge in [-0.15, -0.1) is 6.42 Å². The number of anilines is 2. The summed E-state index contributed by atoms with van der Waals surface area (Å²) in [5.41, 5.74) is -0.144. The van der Waals surface area contributed by atoms with Crippen LogP contribution in [0, 0.1) is 47.5 Å². The molecule has 456 valence electrons. The monoisotopic (exact) mass is 1180 g/mol. The van der Waals surface area contributed by atoms with Crippen molar-refractivity contribution in [2.45, 2.75) is 121 Å². The van der Waals surface area contributed by atoms with Gasteiger partial charge in [-0.25, -0.2) is 22.8 Å². The van der Waals surface area contributed by atoms with E-state index in [1.54, 1.807) is 30.3 Å². The first kappa shape index (κ1) is 58.9. The molecule has 3 aromatic heterocycles. The van der Waals surface area contributed by atoms with Crippen LogP contribution >= 0.6 is 0 Å². The number of piperidine rings is 3. The van der Waals surface area contributed by atoms with Crippen LogP contribution in [-0.4, -0.2) is 160 Å². The van der Waals surface area contributed by atoms with E-state index < -0.39 is 40.7 Å². The minimum atomic E-state index is -0.874. The van der Waals surface area contributed by atoms with Crippen LogP contribution in [0.1, 0.15) is 103 Å². The maximum absolute atomic E-state index is 17.7. The topological polar surface area (TPSA) is 182 Å². The van der Waals surface area contributed by atoms with Gasteiger partial charge in [-0.1, -0.05) is 18.4 Å². The highest BCUT2D eigenvalue weighted by atomic mass is 19.1. The number of imidazole rings is 1. The number of fused-ring (bicyclic) bond motifs is 5. The summed E-state index contributed by atoms with van der Waals surface area (Å²) in [6.45, 7) is 12.1. The van der Waals surface area contributed by atoms with Gasteiger partial charge in [0.05, 0.1) is 34.2 Å². The zero-order chi connectivity index (χ0) is 60.3. The number of rotatable bonds is 15. The number of piperazine rings is 1. The van der Waals surface area contributed by atoms with E-state index in [9.17, 15) is 19.2 Å². The van der Waals surface area contributed by atoms with Crippen LogP contribution in [0.25, 0.3) is 44.0 Å². The number of hydrogen-bond donors (Lipinski definition) is 1. The van der Waals surface area contributed by atoms with Crippen LogP contribution in [0.15, 0.2) is 47.4 Å². The van der Waals surface area contributed by atoms with Gasteiger partial charge in [0.15, 0.2) is 18.4 Å².